The van der Waals surface area contributed by atoms with Gasteiger partial charge in [-0.05, 0) is 61.2 Å². The number of hydrogen-bond acceptors (Lipinski definition) is 3. The van der Waals surface area contributed by atoms with Crippen LogP contribution >= 0.6 is 22.9 Å². The Morgan fingerprint density at radius 1 is 1.39 bits per heavy atom. The van der Waals surface area contributed by atoms with Gasteiger partial charge in [0.15, 0.2) is 0 Å². The minimum Gasteiger partial charge on any atom is -0.278 e. The second kappa shape index (κ2) is 7.69. The summed E-state index contributed by atoms with van der Waals surface area (Å²) in [6.45, 7) is 7.65. The monoisotopic (exact) mass is 369 g/mol. The molecule has 1 unspecified atom stereocenters. The molecule has 0 amide bonds. The first-order valence-electron chi connectivity index (χ1n) is 7.32. The first-order chi connectivity index (χ1) is 10.8. The molecule has 1 aromatic heterocycles. The lowest BCUT2D eigenvalue weighted by molar-refractivity contribution is 0.600. The fraction of sp³-hybridized carbons (Fsp3) is 0.294. The highest BCUT2D eigenvalue weighted by Crippen LogP contribution is 2.29. The summed E-state index contributed by atoms with van der Waals surface area (Å²) in [5, 5.41) is 2.34. The molecule has 3 nitrogen and oxygen atoms in total. The molecular formula is C17H20ClNO2S2. The summed E-state index contributed by atoms with van der Waals surface area (Å²) < 4.78 is 27.9. The molecule has 0 saturated heterocycles. The predicted molar refractivity (Wildman–Crippen MR) is 98.5 cm³/mol. The van der Waals surface area contributed by atoms with Crippen LogP contribution in [0.5, 0.6) is 0 Å². The average Bonchev–Trinajstić information content (AvgIpc) is 2.88. The van der Waals surface area contributed by atoms with Crippen molar-refractivity contribution in [3.8, 4) is 0 Å². The van der Waals surface area contributed by atoms with Crippen molar-refractivity contribution in [1.29, 1.82) is 0 Å². The van der Waals surface area contributed by atoms with E-state index < -0.39 is 10.0 Å². The van der Waals surface area contributed by atoms with Gasteiger partial charge in [0.05, 0.1) is 10.6 Å². The van der Waals surface area contributed by atoms with Gasteiger partial charge in [-0.3, -0.25) is 4.72 Å². The number of thiophene rings is 1. The third-order valence-electron chi connectivity index (χ3n) is 3.44. The van der Waals surface area contributed by atoms with E-state index in [0.29, 0.717) is 16.3 Å². The standard InChI is InChI=1S/C17H20ClNO2S2/c1-12(2)6-4-8-16-15(10-11-22-16)19-23(20,21)17-9-5-7-14(18)13(17)3/h5-7,9-12,19H,1,4,8H2,2-3H3. The minimum absolute atomic E-state index is 0.208. The SMILES string of the molecule is [CH2]C(C)[CH]CCc1sccc1NS(=O)(=O)c1cccc(Cl)c1C. The van der Waals surface area contributed by atoms with Crippen LogP contribution in [0.15, 0.2) is 34.5 Å². The summed E-state index contributed by atoms with van der Waals surface area (Å²) in [6.07, 6.45) is 3.79. The van der Waals surface area contributed by atoms with Crippen LogP contribution in [0.1, 0.15) is 23.8 Å². The first-order valence-corrected chi connectivity index (χ1v) is 10.1. The van der Waals surface area contributed by atoms with Crippen molar-refractivity contribution in [2.75, 3.05) is 4.72 Å². The predicted octanol–water partition coefficient (Wildman–Crippen LogP) is 5.12. The lowest BCUT2D eigenvalue weighted by Gasteiger charge is -2.12. The molecule has 1 N–H and O–H groups in total. The third kappa shape index (κ3) is 4.72. The summed E-state index contributed by atoms with van der Waals surface area (Å²) in [5.74, 6) is 0.282. The van der Waals surface area contributed by atoms with Gasteiger partial charge < -0.3 is 0 Å². The van der Waals surface area contributed by atoms with E-state index in [1.807, 2.05) is 12.3 Å². The van der Waals surface area contributed by atoms with E-state index in [1.54, 1.807) is 42.5 Å². The van der Waals surface area contributed by atoms with Crippen molar-refractivity contribution in [3.63, 3.8) is 0 Å². The number of hydrogen-bond donors (Lipinski definition) is 1. The van der Waals surface area contributed by atoms with Gasteiger partial charge in [-0.1, -0.05) is 31.5 Å². The fourth-order valence-corrected chi connectivity index (χ4v) is 4.71. The molecule has 0 bridgehead atoms. The van der Waals surface area contributed by atoms with Crippen LogP contribution in [0.3, 0.4) is 0 Å². The Morgan fingerprint density at radius 2 is 2.13 bits per heavy atom. The molecule has 6 heteroatoms. The molecule has 124 valence electrons. The normalized spacial score (nSPS) is 11.9. The van der Waals surface area contributed by atoms with Crippen molar-refractivity contribution >= 4 is 38.6 Å². The minimum atomic E-state index is -3.65. The Morgan fingerprint density at radius 3 is 2.83 bits per heavy atom. The molecule has 1 heterocycles. The van der Waals surface area contributed by atoms with Gasteiger partial charge in [0.2, 0.25) is 0 Å². The largest absolute Gasteiger partial charge is 0.278 e. The number of sulfonamides is 1. The molecule has 0 aliphatic carbocycles. The van der Waals surface area contributed by atoms with E-state index in [9.17, 15) is 8.42 Å². The Bertz CT molecular complexity index is 767. The van der Waals surface area contributed by atoms with E-state index in [-0.39, 0.29) is 10.8 Å². The van der Waals surface area contributed by atoms with Crippen molar-refractivity contribution in [1.82, 2.24) is 0 Å². The van der Waals surface area contributed by atoms with E-state index in [0.717, 1.165) is 17.7 Å². The highest BCUT2D eigenvalue weighted by atomic mass is 35.5. The van der Waals surface area contributed by atoms with Crippen LogP contribution in [0, 0.1) is 26.2 Å². The van der Waals surface area contributed by atoms with E-state index in [2.05, 4.69) is 18.1 Å². The number of anilines is 1. The fourth-order valence-electron chi connectivity index (χ4n) is 2.20. The lowest BCUT2D eigenvalue weighted by atomic mass is 10.1. The summed E-state index contributed by atoms with van der Waals surface area (Å²) in [5.41, 5.74) is 1.19. The Hall–Kier alpha value is -1.04. The Kier molecular flexibility index (Phi) is 6.12. The smallest absolute Gasteiger partial charge is 0.262 e. The van der Waals surface area contributed by atoms with Gasteiger partial charge >= 0.3 is 0 Å². The molecule has 2 radical (unpaired) electrons. The molecular weight excluding hydrogens is 350 g/mol. The quantitative estimate of drug-likeness (QED) is 0.736. The van der Waals surface area contributed by atoms with Gasteiger partial charge in [-0.25, -0.2) is 8.42 Å². The van der Waals surface area contributed by atoms with Gasteiger partial charge in [-0.2, -0.15) is 0 Å². The molecule has 0 aliphatic rings. The zero-order valence-electron chi connectivity index (χ0n) is 13.2. The summed E-state index contributed by atoms with van der Waals surface area (Å²) >= 11 is 7.58. The molecule has 2 rings (SSSR count). The van der Waals surface area contributed by atoms with Crippen LogP contribution in [-0.4, -0.2) is 8.42 Å². The molecule has 0 aliphatic heterocycles. The van der Waals surface area contributed by atoms with E-state index >= 15 is 0 Å². The Labute approximate surface area is 147 Å². The maximum atomic E-state index is 12.6. The summed E-state index contributed by atoms with van der Waals surface area (Å²) in [4.78, 5) is 1.23. The van der Waals surface area contributed by atoms with Crippen LogP contribution in [0.4, 0.5) is 5.69 Å². The first kappa shape index (κ1) is 18.3. The molecule has 0 spiro atoms. The number of halogens is 1. The molecule has 1 aromatic carbocycles. The molecule has 0 fully saturated rings. The maximum absolute atomic E-state index is 12.6. The summed E-state index contributed by atoms with van der Waals surface area (Å²) in [7, 11) is -3.65. The van der Waals surface area contributed by atoms with Crippen molar-refractivity contribution < 1.29 is 8.42 Å². The summed E-state index contributed by atoms with van der Waals surface area (Å²) in [6, 6.07) is 6.68. The maximum Gasteiger partial charge on any atom is 0.262 e. The zero-order chi connectivity index (χ0) is 17.0. The van der Waals surface area contributed by atoms with Crippen LogP contribution < -0.4 is 4.72 Å². The highest BCUT2D eigenvalue weighted by molar-refractivity contribution is 7.92. The average molecular weight is 370 g/mol. The van der Waals surface area contributed by atoms with E-state index in [4.69, 9.17) is 11.6 Å². The van der Waals surface area contributed by atoms with Crippen LogP contribution in [-0.2, 0) is 16.4 Å². The second-order valence-corrected chi connectivity index (χ2v) is 8.54. The van der Waals surface area contributed by atoms with Crippen LogP contribution in [0.2, 0.25) is 5.02 Å². The van der Waals surface area contributed by atoms with Gasteiger partial charge in [-0.15, -0.1) is 11.3 Å². The molecule has 0 saturated carbocycles. The Balaban J connectivity index is 2.18. The second-order valence-electron chi connectivity index (χ2n) is 5.48. The van der Waals surface area contributed by atoms with Gasteiger partial charge in [0, 0.05) is 9.90 Å². The number of aryl methyl sites for hydroxylation is 1. The van der Waals surface area contributed by atoms with Crippen molar-refractivity contribution in [2.24, 2.45) is 5.92 Å². The highest BCUT2D eigenvalue weighted by Gasteiger charge is 2.20. The third-order valence-corrected chi connectivity index (χ3v) is 6.34. The van der Waals surface area contributed by atoms with Crippen LogP contribution in [0.25, 0.3) is 0 Å². The van der Waals surface area contributed by atoms with Gasteiger partial charge in [0.1, 0.15) is 0 Å². The van der Waals surface area contributed by atoms with Gasteiger partial charge in [0.25, 0.3) is 10.0 Å². The molecule has 23 heavy (non-hydrogen) atoms. The lowest BCUT2D eigenvalue weighted by Crippen LogP contribution is -2.14. The number of rotatable bonds is 7. The number of nitrogens with one attached hydrogen (secondary N) is 1. The van der Waals surface area contributed by atoms with E-state index in [1.165, 1.54) is 0 Å². The zero-order valence-corrected chi connectivity index (χ0v) is 15.6. The van der Waals surface area contributed by atoms with Crippen molar-refractivity contribution in [2.45, 2.75) is 31.6 Å². The van der Waals surface area contributed by atoms with Crippen molar-refractivity contribution in [3.05, 3.63) is 58.5 Å². The molecule has 2 aromatic rings. The number of benzene rings is 1. The topological polar surface area (TPSA) is 46.2 Å². The molecule has 1 atom stereocenters.